The Morgan fingerprint density at radius 2 is 1.97 bits per heavy atom. The van der Waals surface area contributed by atoms with E-state index in [1.807, 2.05) is 47.1 Å². The van der Waals surface area contributed by atoms with Crippen LogP contribution in [0, 0.1) is 0 Å². The van der Waals surface area contributed by atoms with Crippen molar-refractivity contribution in [3.63, 3.8) is 0 Å². The van der Waals surface area contributed by atoms with E-state index in [0.717, 1.165) is 48.8 Å². The first-order valence-electron chi connectivity index (χ1n) is 9.78. The smallest absolute Gasteiger partial charge is 0.226 e. The molecule has 1 N–H and O–H groups in total. The number of ether oxygens (including phenoxy) is 2. The minimum atomic E-state index is -1.06. The van der Waals surface area contributed by atoms with Crippen LogP contribution in [0.2, 0.25) is 0 Å². The number of anilines is 1. The van der Waals surface area contributed by atoms with E-state index in [-0.39, 0.29) is 0 Å². The Kier molecular flexibility index (Phi) is 4.41. The fourth-order valence-corrected chi connectivity index (χ4v) is 3.86. The molecule has 1 saturated heterocycles. The van der Waals surface area contributed by atoms with Crippen molar-refractivity contribution in [2.24, 2.45) is 0 Å². The van der Waals surface area contributed by atoms with Crippen LogP contribution in [0.25, 0.3) is 17.3 Å². The Hall–Kier alpha value is -3.03. The van der Waals surface area contributed by atoms with Gasteiger partial charge in [-0.25, -0.2) is 4.98 Å². The first kappa shape index (κ1) is 18.0. The summed E-state index contributed by atoms with van der Waals surface area (Å²) in [6.45, 7) is 4.07. The summed E-state index contributed by atoms with van der Waals surface area (Å²) in [7, 11) is 3.77. The van der Waals surface area contributed by atoms with Gasteiger partial charge in [0.15, 0.2) is 0 Å². The molecule has 0 spiro atoms. The van der Waals surface area contributed by atoms with Crippen molar-refractivity contribution in [2.45, 2.75) is 6.29 Å². The summed E-state index contributed by atoms with van der Waals surface area (Å²) in [4.78, 5) is 9.31. The second kappa shape index (κ2) is 7.09. The standard InChI is InChI=1S/C22H24N4O3/c1-24-7-9-25(10-8-24)16-4-3-15-11-18(22(27)29-20(15)12-16)19-14-26-6-5-17(28-2)13-21(26)23-19/h3-6,11-14,22,27H,7-10H2,1-2H3. The van der Waals surface area contributed by atoms with Crippen LogP contribution in [0.1, 0.15) is 11.3 Å². The molecule has 2 aliphatic heterocycles. The van der Waals surface area contributed by atoms with Gasteiger partial charge in [0.2, 0.25) is 6.29 Å². The van der Waals surface area contributed by atoms with Crippen molar-refractivity contribution in [3.05, 3.63) is 54.0 Å². The molecule has 4 heterocycles. The molecule has 150 valence electrons. The number of piperazine rings is 1. The Morgan fingerprint density at radius 1 is 1.14 bits per heavy atom. The highest BCUT2D eigenvalue weighted by Gasteiger charge is 2.25. The van der Waals surface area contributed by atoms with Gasteiger partial charge in [-0.3, -0.25) is 0 Å². The van der Waals surface area contributed by atoms with Crippen LogP contribution in [0.3, 0.4) is 0 Å². The summed E-state index contributed by atoms with van der Waals surface area (Å²) in [6.07, 6.45) is 4.67. The van der Waals surface area contributed by atoms with E-state index in [9.17, 15) is 5.11 Å². The van der Waals surface area contributed by atoms with E-state index >= 15 is 0 Å². The molecule has 2 aromatic heterocycles. The molecule has 0 aliphatic carbocycles. The lowest BCUT2D eigenvalue weighted by atomic mass is 10.0. The molecule has 5 rings (SSSR count). The average Bonchev–Trinajstić information content (AvgIpc) is 3.16. The number of hydrogen-bond donors (Lipinski definition) is 1. The zero-order chi connectivity index (χ0) is 20.0. The zero-order valence-electron chi connectivity index (χ0n) is 16.6. The van der Waals surface area contributed by atoms with Crippen molar-refractivity contribution in [1.29, 1.82) is 0 Å². The van der Waals surface area contributed by atoms with E-state index in [1.54, 1.807) is 7.11 Å². The lowest BCUT2D eigenvalue weighted by Crippen LogP contribution is -2.44. The summed E-state index contributed by atoms with van der Waals surface area (Å²) in [5.74, 6) is 1.44. The number of hydrogen-bond acceptors (Lipinski definition) is 6. The number of nitrogens with zero attached hydrogens (tertiary/aromatic N) is 4. The number of pyridine rings is 1. The largest absolute Gasteiger partial charge is 0.497 e. The van der Waals surface area contributed by atoms with Gasteiger partial charge in [0, 0.05) is 67.5 Å². The summed E-state index contributed by atoms with van der Waals surface area (Å²) in [5, 5.41) is 10.6. The predicted octanol–water partition coefficient (Wildman–Crippen LogP) is 2.35. The maximum Gasteiger partial charge on any atom is 0.226 e. The molecule has 1 unspecified atom stereocenters. The van der Waals surface area contributed by atoms with Gasteiger partial charge >= 0.3 is 0 Å². The van der Waals surface area contributed by atoms with Gasteiger partial charge in [-0.1, -0.05) is 0 Å². The first-order chi connectivity index (χ1) is 14.1. The second-order valence-electron chi connectivity index (χ2n) is 7.54. The van der Waals surface area contributed by atoms with E-state index in [2.05, 4.69) is 27.9 Å². The molecular weight excluding hydrogens is 368 g/mol. The lowest BCUT2D eigenvalue weighted by molar-refractivity contribution is 0.0318. The SMILES string of the molecule is COc1ccn2cc(C3=Cc4ccc(N5CCN(C)CC5)cc4OC3O)nc2c1. The number of benzene rings is 1. The van der Waals surface area contributed by atoms with E-state index in [0.29, 0.717) is 17.0 Å². The summed E-state index contributed by atoms with van der Waals surface area (Å²) in [6, 6.07) is 9.92. The fraction of sp³-hybridized carbons (Fsp3) is 0.318. The van der Waals surface area contributed by atoms with Crippen LogP contribution in [-0.2, 0) is 0 Å². The van der Waals surface area contributed by atoms with Crippen molar-refractivity contribution in [3.8, 4) is 11.5 Å². The quantitative estimate of drug-likeness (QED) is 0.738. The molecule has 3 aromatic rings. The van der Waals surface area contributed by atoms with Crippen LogP contribution < -0.4 is 14.4 Å². The van der Waals surface area contributed by atoms with Crippen LogP contribution in [0.4, 0.5) is 5.69 Å². The van der Waals surface area contributed by atoms with Crippen LogP contribution in [-0.4, -0.2) is 66.0 Å². The van der Waals surface area contributed by atoms with E-state index in [4.69, 9.17) is 9.47 Å². The Morgan fingerprint density at radius 3 is 2.76 bits per heavy atom. The normalized spacial score (nSPS) is 19.6. The molecule has 0 amide bonds. The third-order valence-electron chi connectivity index (χ3n) is 5.64. The molecule has 2 aliphatic rings. The van der Waals surface area contributed by atoms with Gasteiger partial charge in [0.25, 0.3) is 0 Å². The molecule has 0 radical (unpaired) electrons. The van der Waals surface area contributed by atoms with Crippen molar-refractivity contribution < 1.29 is 14.6 Å². The number of imidazole rings is 1. The van der Waals surface area contributed by atoms with Gasteiger partial charge in [0.1, 0.15) is 17.1 Å². The Balaban J connectivity index is 1.46. The van der Waals surface area contributed by atoms with Gasteiger partial charge in [-0.05, 0) is 31.3 Å². The van der Waals surface area contributed by atoms with Crippen LogP contribution >= 0.6 is 0 Å². The van der Waals surface area contributed by atoms with Gasteiger partial charge in [0.05, 0.1) is 12.8 Å². The number of aromatic nitrogens is 2. The highest BCUT2D eigenvalue weighted by molar-refractivity contribution is 5.86. The topological polar surface area (TPSA) is 62.5 Å². The molecule has 1 fully saturated rings. The third-order valence-corrected chi connectivity index (χ3v) is 5.64. The van der Waals surface area contributed by atoms with E-state index in [1.165, 1.54) is 0 Å². The van der Waals surface area contributed by atoms with Crippen molar-refractivity contribution in [2.75, 3.05) is 45.2 Å². The minimum absolute atomic E-state index is 0.646. The molecule has 0 saturated carbocycles. The van der Waals surface area contributed by atoms with E-state index < -0.39 is 6.29 Å². The van der Waals surface area contributed by atoms with Crippen molar-refractivity contribution >= 4 is 23.0 Å². The number of fused-ring (bicyclic) bond motifs is 2. The molecular formula is C22H24N4O3. The molecule has 7 nitrogen and oxygen atoms in total. The number of aliphatic hydroxyl groups excluding tert-OH is 1. The number of likely N-dealkylation sites (N-methyl/N-ethyl adjacent to an activating group) is 1. The summed E-state index contributed by atoms with van der Waals surface area (Å²) in [5.41, 5.74) is 4.15. The Bertz CT molecular complexity index is 1080. The van der Waals surface area contributed by atoms with Gasteiger partial charge in [-0.15, -0.1) is 0 Å². The van der Waals surface area contributed by atoms with Gasteiger partial charge < -0.3 is 28.8 Å². The monoisotopic (exact) mass is 392 g/mol. The fourth-order valence-electron chi connectivity index (χ4n) is 3.86. The number of aliphatic hydroxyl groups is 1. The molecule has 1 aromatic carbocycles. The molecule has 29 heavy (non-hydrogen) atoms. The third kappa shape index (κ3) is 3.32. The van der Waals surface area contributed by atoms with Crippen LogP contribution in [0.15, 0.2) is 42.7 Å². The zero-order valence-corrected chi connectivity index (χ0v) is 16.6. The molecule has 7 heteroatoms. The summed E-state index contributed by atoms with van der Waals surface area (Å²) < 4.78 is 13.0. The maximum atomic E-state index is 10.6. The maximum absolute atomic E-state index is 10.6. The number of rotatable bonds is 3. The second-order valence-corrected chi connectivity index (χ2v) is 7.54. The Labute approximate surface area is 169 Å². The van der Waals surface area contributed by atoms with Crippen molar-refractivity contribution in [1.82, 2.24) is 14.3 Å². The predicted molar refractivity (Wildman–Crippen MR) is 112 cm³/mol. The average molecular weight is 392 g/mol. The molecule has 0 bridgehead atoms. The highest BCUT2D eigenvalue weighted by atomic mass is 16.6. The molecule has 1 atom stereocenters. The minimum Gasteiger partial charge on any atom is -0.497 e. The van der Waals surface area contributed by atoms with Crippen LogP contribution in [0.5, 0.6) is 11.5 Å². The van der Waals surface area contributed by atoms with Gasteiger partial charge in [-0.2, -0.15) is 0 Å². The summed E-state index contributed by atoms with van der Waals surface area (Å²) >= 11 is 0. The number of methoxy groups -OCH3 is 1. The highest BCUT2D eigenvalue weighted by Crippen LogP contribution is 2.36. The lowest BCUT2D eigenvalue weighted by Gasteiger charge is -2.34. The first-order valence-corrected chi connectivity index (χ1v) is 9.78.